The highest BCUT2D eigenvalue weighted by atomic mass is 16.5. The molecule has 26 heavy (non-hydrogen) atoms. The molecule has 0 spiro atoms. The molecule has 1 aliphatic rings. The maximum Gasteiger partial charge on any atom is 0.162 e. The van der Waals surface area contributed by atoms with E-state index in [2.05, 4.69) is 46.5 Å². The fraction of sp³-hybridized carbons (Fsp3) is 0.333. The lowest BCUT2D eigenvalue weighted by molar-refractivity contribution is 0.374. The van der Waals surface area contributed by atoms with E-state index < -0.39 is 0 Å². The number of methoxy groups -OCH3 is 1. The molecule has 0 bridgehead atoms. The summed E-state index contributed by atoms with van der Waals surface area (Å²) in [5.74, 6) is 2.61. The van der Waals surface area contributed by atoms with Crippen molar-refractivity contribution >= 4 is 16.7 Å². The molecule has 134 valence electrons. The molecule has 1 atom stereocenters. The molecule has 2 aromatic carbocycles. The van der Waals surface area contributed by atoms with Gasteiger partial charge in [-0.25, -0.2) is 9.97 Å². The van der Waals surface area contributed by atoms with Gasteiger partial charge in [-0.3, -0.25) is 0 Å². The summed E-state index contributed by atoms with van der Waals surface area (Å²) in [5, 5.41) is 14.4. The first-order chi connectivity index (χ1) is 12.5. The van der Waals surface area contributed by atoms with Crippen LogP contribution in [-0.4, -0.2) is 22.2 Å². The van der Waals surface area contributed by atoms with Gasteiger partial charge in [-0.15, -0.1) is 0 Å². The maximum absolute atomic E-state index is 10.1. The number of fused-ring (bicyclic) bond motifs is 1. The fourth-order valence-corrected chi connectivity index (χ4v) is 3.32. The van der Waals surface area contributed by atoms with Crippen molar-refractivity contribution in [3.63, 3.8) is 0 Å². The van der Waals surface area contributed by atoms with E-state index in [1.807, 2.05) is 6.92 Å². The van der Waals surface area contributed by atoms with Gasteiger partial charge in [0.05, 0.1) is 12.6 Å². The monoisotopic (exact) mass is 349 g/mol. The number of phenolic OH excluding ortho intramolecular Hbond substituents is 1. The van der Waals surface area contributed by atoms with Gasteiger partial charge in [-0.2, -0.15) is 0 Å². The fourth-order valence-electron chi connectivity index (χ4n) is 3.32. The Hall–Kier alpha value is -2.82. The summed E-state index contributed by atoms with van der Waals surface area (Å²) < 4.78 is 5.19. The average Bonchev–Trinajstić information content (AvgIpc) is 3.47. The maximum atomic E-state index is 10.1. The van der Waals surface area contributed by atoms with Crippen LogP contribution in [0.3, 0.4) is 0 Å². The number of aromatic hydroxyl groups is 1. The minimum Gasteiger partial charge on any atom is -0.504 e. The summed E-state index contributed by atoms with van der Waals surface area (Å²) in [7, 11) is 1.53. The molecule has 2 N–H and O–H groups in total. The Kier molecular flexibility index (Phi) is 4.15. The van der Waals surface area contributed by atoms with Crippen LogP contribution in [-0.2, 0) is 0 Å². The standard InChI is InChI=1S/C21H23N3O2/c1-12(15-5-4-6-16(9-15)14-7-8-14)22-21-17-10-19(25)20(26-3)11-18(17)23-13(2)24-21/h4-6,9-12,14,25H,7-8H2,1-3H3,(H,22,23,24)/t12-/m1/s1. The highest BCUT2D eigenvalue weighted by Gasteiger charge is 2.24. The molecule has 1 aromatic heterocycles. The van der Waals surface area contributed by atoms with Gasteiger partial charge in [0.15, 0.2) is 11.5 Å². The van der Waals surface area contributed by atoms with Gasteiger partial charge < -0.3 is 15.2 Å². The Morgan fingerprint density at radius 2 is 2.00 bits per heavy atom. The highest BCUT2D eigenvalue weighted by Crippen LogP contribution is 2.41. The van der Waals surface area contributed by atoms with Gasteiger partial charge in [-0.05, 0) is 49.8 Å². The Labute approximate surface area is 153 Å². The molecular formula is C21H23N3O2. The minimum atomic E-state index is 0.0823. The quantitative estimate of drug-likeness (QED) is 0.699. The molecule has 5 heteroatoms. The van der Waals surface area contributed by atoms with Crippen LogP contribution in [0.1, 0.15) is 48.7 Å². The van der Waals surface area contributed by atoms with E-state index in [0.29, 0.717) is 11.6 Å². The van der Waals surface area contributed by atoms with Crippen molar-refractivity contribution < 1.29 is 9.84 Å². The predicted octanol–water partition coefficient (Wildman–Crippen LogP) is 4.70. The molecule has 0 aliphatic heterocycles. The Morgan fingerprint density at radius 3 is 2.73 bits per heavy atom. The van der Waals surface area contributed by atoms with Crippen LogP contribution >= 0.6 is 0 Å². The van der Waals surface area contributed by atoms with Crippen molar-refractivity contribution in [2.45, 2.75) is 38.6 Å². The molecule has 4 rings (SSSR count). The number of nitrogens with zero attached hydrogens (tertiary/aromatic N) is 2. The zero-order valence-corrected chi connectivity index (χ0v) is 15.3. The molecule has 0 radical (unpaired) electrons. The lowest BCUT2D eigenvalue weighted by Gasteiger charge is -2.18. The topological polar surface area (TPSA) is 67.3 Å². The van der Waals surface area contributed by atoms with Crippen LogP contribution in [0.25, 0.3) is 10.9 Å². The van der Waals surface area contributed by atoms with E-state index in [9.17, 15) is 5.11 Å². The van der Waals surface area contributed by atoms with Crippen molar-refractivity contribution in [1.29, 1.82) is 0 Å². The summed E-state index contributed by atoms with van der Waals surface area (Å²) in [6, 6.07) is 12.2. The van der Waals surface area contributed by atoms with Crippen LogP contribution in [0, 0.1) is 6.92 Å². The highest BCUT2D eigenvalue weighted by molar-refractivity contribution is 5.91. The lowest BCUT2D eigenvalue weighted by Crippen LogP contribution is -2.10. The van der Waals surface area contributed by atoms with Crippen LogP contribution in [0.5, 0.6) is 11.5 Å². The third kappa shape index (κ3) is 3.17. The molecular weight excluding hydrogens is 326 g/mol. The third-order valence-electron chi connectivity index (χ3n) is 4.92. The number of anilines is 1. The van der Waals surface area contributed by atoms with Gasteiger partial charge in [0.2, 0.25) is 0 Å². The summed E-state index contributed by atoms with van der Waals surface area (Å²) in [4.78, 5) is 9.03. The van der Waals surface area contributed by atoms with Gasteiger partial charge in [0.1, 0.15) is 11.6 Å². The molecule has 0 amide bonds. The normalized spacial score (nSPS) is 15.0. The second-order valence-corrected chi connectivity index (χ2v) is 6.97. The average molecular weight is 349 g/mol. The van der Waals surface area contributed by atoms with Crippen molar-refractivity contribution in [2.75, 3.05) is 12.4 Å². The molecule has 0 unspecified atom stereocenters. The first kappa shape index (κ1) is 16.6. The van der Waals surface area contributed by atoms with Crippen LogP contribution in [0.2, 0.25) is 0 Å². The van der Waals surface area contributed by atoms with E-state index in [0.717, 1.165) is 22.6 Å². The second kappa shape index (κ2) is 6.48. The minimum absolute atomic E-state index is 0.0823. The Morgan fingerprint density at radius 1 is 1.19 bits per heavy atom. The van der Waals surface area contributed by atoms with Crippen LogP contribution in [0.15, 0.2) is 36.4 Å². The number of rotatable bonds is 5. The van der Waals surface area contributed by atoms with E-state index >= 15 is 0 Å². The van der Waals surface area contributed by atoms with Crippen molar-refractivity contribution in [2.24, 2.45) is 0 Å². The summed E-state index contributed by atoms with van der Waals surface area (Å²) in [6.45, 7) is 3.99. The largest absolute Gasteiger partial charge is 0.504 e. The van der Waals surface area contributed by atoms with E-state index in [1.54, 1.807) is 12.1 Å². The number of nitrogens with one attached hydrogen (secondary N) is 1. The smallest absolute Gasteiger partial charge is 0.162 e. The molecule has 3 aromatic rings. The second-order valence-electron chi connectivity index (χ2n) is 6.97. The number of benzene rings is 2. The third-order valence-corrected chi connectivity index (χ3v) is 4.92. The van der Waals surface area contributed by atoms with Crippen molar-refractivity contribution in [1.82, 2.24) is 9.97 Å². The lowest BCUT2D eigenvalue weighted by atomic mass is 10.0. The summed E-state index contributed by atoms with van der Waals surface area (Å²) in [6.07, 6.45) is 2.59. The first-order valence-corrected chi connectivity index (χ1v) is 8.97. The van der Waals surface area contributed by atoms with Crippen molar-refractivity contribution in [3.05, 3.63) is 53.3 Å². The van der Waals surface area contributed by atoms with Gasteiger partial charge in [-0.1, -0.05) is 24.3 Å². The zero-order chi connectivity index (χ0) is 18.3. The zero-order valence-electron chi connectivity index (χ0n) is 15.3. The molecule has 1 heterocycles. The number of aromatic nitrogens is 2. The number of phenols is 1. The van der Waals surface area contributed by atoms with Gasteiger partial charge in [0, 0.05) is 17.5 Å². The number of hydrogen-bond acceptors (Lipinski definition) is 5. The van der Waals surface area contributed by atoms with Crippen molar-refractivity contribution in [3.8, 4) is 11.5 Å². The number of aryl methyl sites for hydroxylation is 1. The SMILES string of the molecule is COc1cc2nc(C)nc(N[C@H](C)c3cccc(C4CC4)c3)c2cc1O. The molecule has 0 saturated heterocycles. The van der Waals surface area contributed by atoms with E-state index in [1.165, 1.54) is 31.1 Å². The summed E-state index contributed by atoms with van der Waals surface area (Å²) in [5.41, 5.74) is 3.40. The van der Waals surface area contributed by atoms with E-state index in [4.69, 9.17) is 4.74 Å². The number of ether oxygens (including phenoxy) is 1. The van der Waals surface area contributed by atoms with Gasteiger partial charge in [0.25, 0.3) is 0 Å². The molecule has 5 nitrogen and oxygen atoms in total. The van der Waals surface area contributed by atoms with Crippen LogP contribution in [0.4, 0.5) is 5.82 Å². The Balaban J connectivity index is 1.69. The predicted molar refractivity (Wildman–Crippen MR) is 103 cm³/mol. The summed E-state index contributed by atoms with van der Waals surface area (Å²) >= 11 is 0. The number of hydrogen-bond donors (Lipinski definition) is 2. The van der Waals surface area contributed by atoms with Gasteiger partial charge >= 0.3 is 0 Å². The first-order valence-electron chi connectivity index (χ1n) is 8.97. The van der Waals surface area contributed by atoms with Crippen LogP contribution < -0.4 is 10.1 Å². The molecule has 1 aliphatic carbocycles. The molecule has 1 saturated carbocycles. The van der Waals surface area contributed by atoms with E-state index in [-0.39, 0.29) is 11.8 Å². The Bertz CT molecular complexity index is 967. The molecule has 1 fully saturated rings.